The second-order valence-corrected chi connectivity index (χ2v) is 4.47. The molecule has 0 atom stereocenters. The van der Waals surface area contributed by atoms with Crippen LogP contribution in [0.5, 0.6) is 0 Å². The van der Waals surface area contributed by atoms with Gasteiger partial charge in [0.05, 0.1) is 25.6 Å². The van der Waals surface area contributed by atoms with Crippen molar-refractivity contribution in [2.45, 2.75) is 19.8 Å². The lowest BCUT2D eigenvalue weighted by atomic mass is 10.3. The number of morpholine rings is 1. The van der Waals surface area contributed by atoms with E-state index in [4.69, 9.17) is 4.74 Å². The summed E-state index contributed by atoms with van der Waals surface area (Å²) in [5.74, 6) is 0.642. The van der Waals surface area contributed by atoms with Crippen molar-refractivity contribution in [3.8, 4) is 0 Å². The molecule has 0 aliphatic carbocycles. The molecule has 1 amide bonds. The minimum absolute atomic E-state index is 0.158. The minimum atomic E-state index is -0.158. The van der Waals surface area contributed by atoms with E-state index in [1.807, 2.05) is 0 Å². The number of hydrogen-bond donors (Lipinski definition) is 1. The molecule has 0 unspecified atom stereocenters. The summed E-state index contributed by atoms with van der Waals surface area (Å²) >= 11 is 0. The topological polar surface area (TPSA) is 67.4 Å². The van der Waals surface area contributed by atoms with Gasteiger partial charge in [0.15, 0.2) is 0 Å². The Morgan fingerprint density at radius 2 is 2.16 bits per heavy atom. The Morgan fingerprint density at radius 1 is 1.37 bits per heavy atom. The monoisotopic (exact) mass is 264 g/mol. The molecule has 1 fully saturated rings. The zero-order valence-electron chi connectivity index (χ0n) is 11.3. The predicted molar refractivity (Wildman–Crippen MR) is 72.3 cm³/mol. The molecule has 0 bridgehead atoms. The second kappa shape index (κ2) is 7.04. The van der Waals surface area contributed by atoms with Gasteiger partial charge >= 0.3 is 0 Å². The molecule has 2 rings (SSSR count). The van der Waals surface area contributed by atoms with Crippen molar-refractivity contribution in [2.24, 2.45) is 0 Å². The van der Waals surface area contributed by atoms with E-state index in [0.717, 1.165) is 31.7 Å². The highest BCUT2D eigenvalue weighted by molar-refractivity contribution is 5.91. The van der Waals surface area contributed by atoms with Gasteiger partial charge in [-0.1, -0.05) is 13.3 Å². The first-order valence-electron chi connectivity index (χ1n) is 6.74. The Balaban J connectivity index is 1.91. The molecule has 1 N–H and O–H groups in total. The zero-order chi connectivity index (χ0) is 13.5. The maximum Gasteiger partial charge on any atom is 0.271 e. The minimum Gasteiger partial charge on any atom is -0.378 e. The third-order valence-corrected chi connectivity index (χ3v) is 3.02. The normalized spacial score (nSPS) is 15.3. The number of nitrogens with zero attached hydrogens (tertiary/aromatic N) is 3. The van der Waals surface area contributed by atoms with Crippen molar-refractivity contribution in [2.75, 3.05) is 37.7 Å². The van der Waals surface area contributed by atoms with E-state index >= 15 is 0 Å². The van der Waals surface area contributed by atoms with Gasteiger partial charge in [0.2, 0.25) is 0 Å². The van der Waals surface area contributed by atoms with Crippen molar-refractivity contribution < 1.29 is 9.53 Å². The molecule has 1 aliphatic rings. The Bertz CT molecular complexity index is 402. The number of carbonyl (C=O) groups is 1. The van der Waals surface area contributed by atoms with Crippen LogP contribution < -0.4 is 10.2 Å². The lowest BCUT2D eigenvalue weighted by Crippen LogP contribution is -2.37. The highest BCUT2D eigenvalue weighted by Gasteiger charge is 2.14. The summed E-state index contributed by atoms with van der Waals surface area (Å²) < 4.78 is 5.28. The maximum atomic E-state index is 11.8. The van der Waals surface area contributed by atoms with Gasteiger partial charge in [-0.3, -0.25) is 4.79 Å². The lowest BCUT2D eigenvalue weighted by molar-refractivity contribution is 0.0947. The van der Waals surface area contributed by atoms with Crippen molar-refractivity contribution in [3.63, 3.8) is 0 Å². The average molecular weight is 264 g/mol. The first-order valence-corrected chi connectivity index (χ1v) is 6.74. The van der Waals surface area contributed by atoms with Gasteiger partial charge in [-0.05, 0) is 6.42 Å². The molecule has 0 radical (unpaired) electrons. The van der Waals surface area contributed by atoms with Crippen LogP contribution in [0.1, 0.15) is 30.3 Å². The Hall–Kier alpha value is -1.69. The van der Waals surface area contributed by atoms with Crippen LogP contribution >= 0.6 is 0 Å². The number of hydrogen-bond acceptors (Lipinski definition) is 5. The maximum absolute atomic E-state index is 11.8. The van der Waals surface area contributed by atoms with E-state index in [0.29, 0.717) is 25.5 Å². The smallest absolute Gasteiger partial charge is 0.271 e. The molecule has 6 nitrogen and oxygen atoms in total. The molecule has 19 heavy (non-hydrogen) atoms. The third-order valence-electron chi connectivity index (χ3n) is 3.02. The molecule has 1 aromatic rings. The Labute approximate surface area is 113 Å². The molecule has 1 aliphatic heterocycles. The molecule has 0 saturated carbocycles. The Kier molecular flexibility index (Phi) is 5.09. The number of ether oxygens (including phenoxy) is 1. The van der Waals surface area contributed by atoms with Crippen molar-refractivity contribution in [3.05, 3.63) is 18.1 Å². The van der Waals surface area contributed by atoms with Crippen molar-refractivity contribution in [1.29, 1.82) is 0 Å². The van der Waals surface area contributed by atoms with Crippen LogP contribution in [0.15, 0.2) is 12.4 Å². The molecule has 6 heteroatoms. The summed E-state index contributed by atoms with van der Waals surface area (Å²) in [5, 5.41) is 2.82. The molecular formula is C13H20N4O2. The number of aromatic nitrogens is 2. The summed E-state index contributed by atoms with van der Waals surface area (Å²) in [4.78, 5) is 22.3. The van der Waals surface area contributed by atoms with Gasteiger partial charge in [0.25, 0.3) is 5.91 Å². The van der Waals surface area contributed by atoms with Crippen LogP contribution in [0.3, 0.4) is 0 Å². The summed E-state index contributed by atoms with van der Waals surface area (Å²) in [7, 11) is 0. The third kappa shape index (κ3) is 3.89. The quantitative estimate of drug-likeness (QED) is 0.798. The van der Waals surface area contributed by atoms with Crippen molar-refractivity contribution >= 4 is 11.7 Å². The highest BCUT2D eigenvalue weighted by Crippen LogP contribution is 2.10. The molecule has 1 saturated heterocycles. The SMILES string of the molecule is CCCCNC(=O)c1cnc(N2CCOCC2)cn1. The average Bonchev–Trinajstić information content (AvgIpc) is 2.48. The fourth-order valence-electron chi connectivity index (χ4n) is 1.86. The standard InChI is InChI=1S/C13H20N4O2/c1-2-3-4-14-13(18)11-9-16-12(10-15-11)17-5-7-19-8-6-17/h9-10H,2-8H2,1H3,(H,14,18). The molecule has 104 valence electrons. The van der Waals surface area contributed by atoms with Crippen LogP contribution in [-0.2, 0) is 4.74 Å². The van der Waals surface area contributed by atoms with Gasteiger partial charge < -0.3 is 15.0 Å². The van der Waals surface area contributed by atoms with Crippen LogP contribution in [0.4, 0.5) is 5.82 Å². The highest BCUT2D eigenvalue weighted by atomic mass is 16.5. The predicted octanol–water partition coefficient (Wildman–Crippen LogP) is 0.843. The summed E-state index contributed by atoms with van der Waals surface area (Å²) in [5.41, 5.74) is 0.369. The molecule has 2 heterocycles. The number of nitrogens with one attached hydrogen (secondary N) is 1. The van der Waals surface area contributed by atoms with Gasteiger partial charge in [-0.25, -0.2) is 9.97 Å². The van der Waals surface area contributed by atoms with Gasteiger partial charge in [0, 0.05) is 19.6 Å². The summed E-state index contributed by atoms with van der Waals surface area (Å²) in [6.45, 7) is 5.82. The fourth-order valence-corrected chi connectivity index (χ4v) is 1.86. The lowest BCUT2D eigenvalue weighted by Gasteiger charge is -2.27. The zero-order valence-corrected chi connectivity index (χ0v) is 11.3. The van der Waals surface area contributed by atoms with E-state index in [1.54, 1.807) is 6.20 Å². The Morgan fingerprint density at radius 3 is 2.79 bits per heavy atom. The van der Waals surface area contributed by atoms with E-state index in [2.05, 4.69) is 27.1 Å². The van der Waals surface area contributed by atoms with Gasteiger partial charge in [-0.2, -0.15) is 0 Å². The van der Waals surface area contributed by atoms with Crippen LogP contribution in [0.2, 0.25) is 0 Å². The largest absolute Gasteiger partial charge is 0.378 e. The molecule has 0 aromatic carbocycles. The molecular weight excluding hydrogens is 244 g/mol. The van der Waals surface area contributed by atoms with E-state index in [1.165, 1.54) is 6.20 Å². The fraction of sp³-hybridized carbons (Fsp3) is 0.615. The van der Waals surface area contributed by atoms with E-state index < -0.39 is 0 Å². The number of amides is 1. The first kappa shape index (κ1) is 13.7. The van der Waals surface area contributed by atoms with Gasteiger partial charge in [-0.15, -0.1) is 0 Å². The van der Waals surface area contributed by atoms with Crippen molar-refractivity contribution in [1.82, 2.24) is 15.3 Å². The molecule has 0 spiro atoms. The molecule has 1 aromatic heterocycles. The number of rotatable bonds is 5. The van der Waals surface area contributed by atoms with Crippen LogP contribution in [0, 0.1) is 0 Å². The van der Waals surface area contributed by atoms with Gasteiger partial charge in [0.1, 0.15) is 11.5 Å². The van der Waals surface area contributed by atoms with Crippen LogP contribution in [-0.4, -0.2) is 48.7 Å². The number of carbonyl (C=O) groups excluding carboxylic acids is 1. The number of unbranched alkanes of at least 4 members (excludes halogenated alkanes) is 1. The number of anilines is 1. The first-order chi connectivity index (χ1) is 9.31. The summed E-state index contributed by atoms with van der Waals surface area (Å²) in [6.07, 6.45) is 5.22. The van der Waals surface area contributed by atoms with E-state index in [9.17, 15) is 4.79 Å². The van der Waals surface area contributed by atoms with Crippen LogP contribution in [0.25, 0.3) is 0 Å². The second-order valence-electron chi connectivity index (χ2n) is 4.47. The van der Waals surface area contributed by atoms with E-state index in [-0.39, 0.29) is 5.91 Å². The summed E-state index contributed by atoms with van der Waals surface area (Å²) in [6, 6.07) is 0.